The Balaban J connectivity index is 2.25. The number of aromatic nitrogens is 2. The molecule has 0 fully saturated rings. The van der Waals surface area contributed by atoms with E-state index < -0.39 is 0 Å². The summed E-state index contributed by atoms with van der Waals surface area (Å²) in [4.78, 5) is 20.0. The molecule has 0 atom stereocenters. The van der Waals surface area contributed by atoms with E-state index in [1.807, 2.05) is 6.92 Å². The van der Waals surface area contributed by atoms with Crippen LogP contribution in [0.25, 0.3) is 0 Å². The Hall–Kier alpha value is -2.47. The Morgan fingerprint density at radius 3 is 2.50 bits per heavy atom. The van der Waals surface area contributed by atoms with Gasteiger partial charge >= 0.3 is 0 Å². The van der Waals surface area contributed by atoms with E-state index in [2.05, 4.69) is 20.7 Å². The topological polar surface area (TPSA) is 92.9 Å². The van der Waals surface area contributed by atoms with E-state index in [4.69, 9.17) is 5.84 Å². The number of nitrogens with two attached hydrogens (primary N) is 1. The van der Waals surface area contributed by atoms with Crippen molar-refractivity contribution in [1.29, 1.82) is 0 Å². The van der Waals surface area contributed by atoms with Crippen LogP contribution in [0.5, 0.6) is 0 Å². The normalized spacial score (nSPS) is 9.89. The van der Waals surface area contributed by atoms with E-state index in [1.165, 1.54) is 6.20 Å². The first-order chi connectivity index (χ1) is 8.72. The third-order valence-electron chi connectivity index (χ3n) is 2.49. The summed E-state index contributed by atoms with van der Waals surface area (Å²) in [5, 5.41) is 2.79. The van der Waals surface area contributed by atoms with Gasteiger partial charge in [-0.05, 0) is 24.6 Å². The van der Waals surface area contributed by atoms with Gasteiger partial charge in [0.15, 0.2) is 0 Å². The van der Waals surface area contributed by atoms with Gasteiger partial charge in [0.25, 0.3) is 5.91 Å². The average Bonchev–Trinajstić information content (AvgIpc) is 2.41. The van der Waals surface area contributed by atoms with Gasteiger partial charge in [0.1, 0.15) is 0 Å². The van der Waals surface area contributed by atoms with Gasteiger partial charge in [0, 0.05) is 30.5 Å². The average molecular weight is 243 g/mol. The van der Waals surface area contributed by atoms with E-state index >= 15 is 0 Å². The van der Waals surface area contributed by atoms with Gasteiger partial charge in [-0.15, -0.1) is 0 Å². The molecule has 2 aromatic rings. The number of hydrogen-bond donors (Lipinski definition) is 3. The standard InChI is InChI=1S/C12H13N5O/c1-8-6-14-4-2-10(8)16-12(18)9-7-15-5-3-11(9)17-13/h2-7H,13H2,1H3,(H,15,17)(H,14,16,18). The molecule has 0 bridgehead atoms. The number of nitrogen functional groups attached to an aromatic ring is 1. The highest BCUT2D eigenvalue weighted by atomic mass is 16.1. The highest BCUT2D eigenvalue weighted by Crippen LogP contribution is 2.16. The number of rotatable bonds is 3. The number of anilines is 2. The fraction of sp³-hybridized carbons (Fsp3) is 0.0833. The summed E-state index contributed by atoms with van der Waals surface area (Å²) < 4.78 is 0. The van der Waals surface area contributed by atoms with Gasteiger partial charge in [0.2, 0.25) is 0 Å². The minimum absolute atomic E-state index is 0.273. The molecular formula is C12H13N5O. The molecule has 0 aliphatic carbocycles. The molecule has 2 aromatic heterocycles. The van der Waals surface area contributed by atoms with Crippen molar-refractivity contribution in [2.75, 3.05) is 10.7 Å². The SMILES string of the molecule is Cc1cnccc1NC(=O)c1cnccc1NN. The summed E-state index contributed by atoms with van der Waals surface area (Å²) in [6, 6.07) is 3.37. The molecule has 0 saturated carbocycles. The Kier molecular flexibility index (Phi) is 3.49. The molecule has 0 aliphatic heterocycles. The van der Waals surface area contributed by atoms with Gasteiger partial charge < -0.3 is 10.7 Å². The quantitative estimate of drug-likeness (QED) is 0.558. The summed E-state index contributed by atoms with van der Waals surface area (Å²) in [5.74, 6) is 5.07. The molecule has 2 heterocycles. The lowest BCUT2D eigenvalue weighted by Crippen LogP contribution is -2.18. The second kappa shape index (κ2) is 5.24. The Morgan fingerprint density at radius 2 is 1.83 bits per heavy atom. The Bertz CT molecular complexity index is 570. The van der Waals surface area contributed by atoms with Gasteiger partial charge in [-0.1, -0.05) is 0 Å². The first-order valence-electron chi connectivity index (χ1n) is 5.35. The van der Waals surface area contributed by atoms with Crippen LogP contribution in [-0.4, -0.2) is 15.9 Å². The van der Waals surface area contributed by atoms with Crippen LogP contribution >= 0.6 is 0 Å². The van der Waals surface area contributed by atoms with E-state index in [1.54, 1.807) is 30.7 Å². The molecule has 0 saturated heterocycles. The second-order valence-corrected chi connectivity index (χ2v) is 3.71. The van der Waals surface area contributed by atoms with Crippen molar-refractivity contribution < 1.29 is 4.79 Å². The molecule has 6 nitrogen and oxygen atoms in total. The third-order valence-corrected chi connectivity index (χ3v) is 2.49. The van der Waals surface area contributed by atoms with Crippen molar-refractivity contribution in [3.8, 4) is 0 Å². The number of carbonyl (C=O) groups excluding carboxylic acids is 1. The van der Waals surface area contributed by atoms with Crippen molar-refractivity contribution in [3.63, 3.8) is 0 Å². The van der Waals surface area contributed by atoms with E-state index in [0.717, 1.165) is 5.56 Å². The lowest BCUT2D eigenvalue weighted by Gasteiger charge is -2.10. The highest BCUT2D eigenvalue weighted by molar-refractivity contribution is 6.07. The first kappa shape index (κ1) is 12.0. The van der Waals surface area contributed by atoms with Crippen LogP contribution in [0.15, 0.2) is 36.9 Å². The summed E-state index contributed by atoms with van der Waals surface area (Å²) in [7, 11) is 0. The molecule has 0 aliphatic rings. The number of carbonyl (C=O) groups is 1. The predicted molar refractivity (Wildman–Crippen MR) is 69.0 cm³/mol. The van der Waals surface area contributed by atoms with Gasteiger partial charge in [-0.2, -0.15) is 0 Å². The number of aryl methyl sites for hydroxylation is 1. The van der Waals surface area contributed by atoms with Crippen LogP contribution in [0, 0.1) is 6.92 Å². The Labute approximate surface area is 104 Å². The maximum absolute atomic E-state index is 12.1. The zero-order valence-electron chi connectivity index (χ0n) is 9.84. The van der Waals surface area contributed by atoms with Crippen LogP contribution in [0.2, 0.25) is 0 Å². The molecule has 18 heavy (non-hydrogen) atoms. The number of pyridine rings is 2. The summed E-state index contributed by atoms with van der Waals surface area (Å²) in [6.45, 7) is 1.87. The van der Waals surface area contributed by atoms with Crippen molar-refractivity contribution in [2.24, 2.45) is 5.84 Å². The number of hydrogen-bond acceptors (Lipinski definition) is 5. The van der Waals surface area contributed by atoms with Crippen LogP contribution in [0.3, 0.4) is 0 Å². The van der Waals surface area contributed by atoms with E-state index in [0.29, 0.717) is 16.9 Å². The van der Waals surface area contributed by atoms with Gasteiger partial charge in [-0.25, -0.2) is 0 Å². The third kappa shape index (κ3) is 2.44. The maximum atomic E-state index is 12.1. The molecule has 0 aromatic carbocycles. The fourth-order valence-electron chi connectivity index (χ4n) is 1.50. The summed E-state index contributed by atoms with van der Waals surface area (Å²) in [5.41, 5.74) is 4.97. The maximum Gasteiger partial charge on any atom is 0.259 e. The fourth-order valence-corrected chi connectivity index (χ4v) is 1.50. The van der Waals surface area contributed by atoms with Crippen LogP contribution < -0.4 is 16.6 Å². The molecule has 4 N–H and O–H groups in total. The molecule has 1 amide bonds. The summed E-state index contributed by atoms with van der Waals surface area (Å²) in [6.07, 6.45) is 6.32. The van der Waals surface area contributed by atoms with Gasteiger partial charge in [-0.3, -0.25) is 20.6 Å². The molecule has 0 radical (unpaired) electrons. The highest BCUT2D eigenvalue weighted by Gasteiger charge is 2.11. The smallest absolute Gasteiger partial charge is 0.259 e. The number of nitrogens with zero attached hydrogens (tertiary/aromatic N) is 2. The monoisotopic (exact) mass is 243 g/mol. The predicted octanol–water partition coefficient (Wildman–Crippen LogP) is 1.32. The summed E-state index contributed by atoms with van der Waals surface area (Å²) >= 11 is 0. The molecule has 0 unspecified atom stereocenters. The van der Waals surface area contributed by atoms with Crippen molar-refractivity contribution in [1.82, 2.24) is 9.97 Å². The van der Waals surface area contributed by atoms with Crippen molar-refractivity contribution in [3.05, 3.63) is 48.0 Å². The van der Waals surface area contributed by atoms with Crippen LogP contribution in [0.4, 0.5) is 11.4 Å². The number of nitrogens with one attached hydrogen (secondary N) is 2. The molecular weight excluding hydrogens is 230 g/mol. The van der Waals surface area contributed by atoms with Crippen molar-refractivity contribution in [2.45, 2.75) is 6.92 Å². The van der Waals surface area contributed by atoms with Gasteiger partial charge in [0.05, 0.1) is 11.3 Å². The molecule has 0 spiro atoms. The molecule has 6 heteroatoms. The lowest BCUT2D eigenvalue weighted by atomic mass is 10.2. The minimum atomic E-state index is -0.273. The van der Waals surface area contributed by atoms with Crippen LogP contribution in [-0.2, 0) is 0 Å². The first-order valence-corrected chi connectivity index (χ1v) is 5.35. The minimum Gasteiger partial charge on any atom is -0.323 e. The zero-order valence-corrected chi connectivity index (χ0v) is 9.84. The van der Waals surface area contributed by atoms with E-state index in [9.17, 15) is 4.79 Å². The number of hydrazine groups is 1. The zero-order chi connectivity index (χ0) is 13.0. The van der Waals surface area contributed by atoms with E-state index in [-0.39, 0.29) is 5.91 Å². The molecule has 92 valence electrons. The Morgan fingerprint density at radius 1 is 1.17 bits per heavy atom. The van der Waals surface area contributed by atoms with Crippen LogP contribution in [0.1, 0.15) is 15.9 Å². The van der Waals surface area contributed by atoms with Crippen molar-refractivity contribution >= 4 is 17.3 Å². The number of amides is 1. The molecule has 2 rings (SSSR count). The lowest BCUT2D eigenvalue weighted by molar-refractivity contribution is 0.102. The largest absolute Gasteiger partial charge is 0.323 e. The second-order valence-electron chi connectivity index (χ2n) is 3.71.